The number of amides is 1. The van der Waals surface area contributed by atoms with Crippen LogP contribution in [0.2, 0.25) is 0 Å². The first-order chi connectivity index (χ1) is 12.5. The van der Waals surface area contributed by atoms with E-state index in [1.807, 2.05) is 6.26 Å². The molecule has 2 rings (SSSR count). The van der Waals surface area contributed by atoms with E-state index in [-0.39, 0.29) is 18.6 Å². The Kier molecular flexibility index (Phi) is 7.11. The standard InChI is InChI=1S/C19H18N2O4S/c1-26-15-9-7-13(8-10-15)18(23)16(11-12-17(20)22)21-25-19(24)14-5-3-2-4-6-14/h2-10H,11-12H2,1H3,(H2,20,22). The minimum atomic E-state index is -0.687. The Morgan fingerprint density at radius 3 is 2.19 bits per heavy atom. The van der Waals surface area contributed by atoms with E-state index in [0.717, 1.165) is 4.90 Å². The fourth-order valence-corrected chi connectivity index (χ4v) is 2.48. The van der Waals surface area contributed by atoms with Crippen LogP contribution in [0.5, 0.6) is 0 Å². The summed E-state index contributed by atoms with van der Waals surface area (Å²) in [6.07, 6.45) is 1.84. The van der Waals surface area contributed by atoms with Crippen LogP contribution in [0.1, 0.15) is 33.6 Å². The number of nitrogens with two attached hydrogens (primary N) is 1. The summed E-state index contributed by atoms with van der Waals surface area (Å²) in [6.45, 7) is 0. The van der Waals surface area contributed by atoms with Crippen molar-refractivity contribution in [3.05, 3.63) is 65.7 Å². The van der Waals surface area contributed by atoms with Gasteiger partial charge in [0.05, 0.1) is 5.56 Å². The maximum Gasteiger partial charge on any atom is 0.365 e. The molecule has 1 amide bonds. The Bertz CT molecular complexity index is 817. The zero-order valence-electron chi connectivity index (χ0n) is 14.2. The van der Waals surface area contributed by atoms with Crippen LogP contribution in [0.25, 0.3) is 0 Å². The molecule has 0 atom stereocenters. The quantitative estimate of drug-likeness (QED) is 0.253. The number of thioether (sulfide) groups is 1. The van der Waals surface area contributed by atoms with Crippen LogP contribution in [-0.4, -0.2) is 29.6 Å². The lowest BCUT2D eigenvalue weighted by molar-refractivity contribution is -0.117. The first kappa shape index (κ1) is 19.4. The highest BCUT2D eigenvalue weighted by Gasteiger charge is 2.17. The SMILES string of the molecule is CSc1ccc(C(=O)C(CCC(N)=O)=NOC(=O)c2ccccc2)cc1. The van der Waals surface area contributed by atoms with E-state index in [1.165, 1.54) is 0 Å². The molecule has 0 radical (unpaired) electrons. The maximum atomic E-state index is 12.6. The molecule has 2 aromatic carbocycles. The van der Waals surface area contributed by atoms with Crippen LogP contribution in [0.3, 0.4) is 0 Å². The van der Waals surface area contributed by atoms with Crippen molar-refractivity contribution in [1.82, 2.24) is 0 Å². The Morgan fingerprint density at radius 1 is 0.962 bits per heavy atom. The predicted octanol–water partition coefficient (Wildman–Crippen LogP) is 3.07. The van der Waals surface area contributed by atoms with Crippen molar-refractivity contribution >= 4 is 35.1 Å². The molecular formula is C19H18N2O4S. The maximum absolute atomic E-state index is 12.6. The van der Waals surface area contributed by atoms with Crippen LogP contribution in [0.4, 0.5) is 0 Å². The molecule has 0 aliphatic heterocycles. The van der Waals surface area contributed by atoms with Gasteiger partial charge in [-0.15, -0.1) is 11.8 Å². The second-order valence-electron chi connectivity index (χ2n) is 5.31. The Labute approximate surface area is 155 Å². The number of benzene rings is 2. The van der Waals surface area contributed by atoms with Crippen molar-refractivity contribution in [2.24, 2.45) is 10.9 Å². The van der Waals surface area contributed by atoms with Gasteiger partial charge in [-0.05, 0) is 42.7 Å². The molecule has 0 aliphatic carbocycles. The smallest absolute Gasteiger partial charge is 0.365 e. The van der Waals surface area contributed by atoms with Crippen molar-refractivity contribution in [2.75, 3.05) is 6.26 Å². The van der Waals surface area contributed by atoms with Gasteiger partial charge in [0.15, 0.2) is 0 Å². The van der Waals surface area contributed by atoms with Crippen LogP contribution >= 0.6 is 11.8 Å². The number of ketones is 1. The van der Waals surface area contributed by atoms with E-state index in [0.29, 0.717) is 11.1 Å². The fraction of sp³-hybridized carbons (Fsp3) is 0.158. The second kappa shape index (κ2) is 9.53. The van der Waals surface area contributed by atoms with Crippen molar-refractivity contribution in [1.29, 1.82) is 0 Å². The third-order valence-corrected chi connectivity index (χ3v) is 4.21. The molecule has 0 spiro atoms. The average molecular weight is 370 g/mol. The molecule has 0 heterocycles. The number of hydrogen-bond acceptors (Lipinski definition) is 6. The van der Waals surface area contributed by atoms with Crippen molar-refractivity contribution in [2.45, 2.75) is 17.7 Å². The number of Topliss-reactive ketones (excluding diaryl/α,β-unsaturated/α-hetero) is 1. The predicted molar refractivity (Wildman–Crippen MR) is 100 cm³/mol. The minimum Gasteiger partial charge on any atom is -0.370 e. The summed E-state index contributed by atoms with van der Waals surface area (Å²) in [5.41, 5.74) is 5.81. The zero-order chi connectivity index (χ0) is 18.9. The van der Waals surface area contributed by atoms with Crippen LogP contribution in [0, 0.1) is 0 Å². The molecule has 7 heteroatoms. The lowest BCUT2D eigenvalue weighted by atomic mass is 10.0. The fourth-order valence-electron chi connectivity index (χ4n) is 2.07. The number of carbonyl (C=O) groups is 3. The molecule has 0 unspecified atom stereocenters. The normalized spacial score (nSPS) is 11.0. The second-order valence-corrected chi connectivity index (χ2v) is 6.19. The number of primary amides is 1. The van der Waals surface area contributed by atoms with Gasteiger partial charge < -0.3 is 10.6 Å². The molecular weight excluding hydrogens is 352 g/mol. The summed E-state index contributed by atoms with van der Waals surface area (Å²) in [5, 5.41) is 3.70. The molecule has 0 saturated carbocycles. The molecule has 0 aromatic heterocycles. The minimum absolute atomic E-state index is 0.0134. The Hall–Kier alpha value is -2.93. The zero-order valence-corrected chi connectivity index (χ0v) is 15.0. The highest BCUT2D eigenvalue weighted by molar-refractivity contribution is 7.98. The van der Waals surface area contributed by atoms with Gasteiger partial charge in [-0.2, -0.15) is 0 Å². The number of nitrogens with zero attached hydrogens (tertiary/aromatic N) is 1. The van der Waals surface area contributed by atoms with Gasteiger partial charge >= 0.3 is 5.97 Å². The van der Waals surface area contributed by atoms with E-state index >= 15 is 0 Å². The van der Waals surface area contributed by atoms with Crippen LogP contribution in [0.15, 0.2) is 64.6 Å². The summed E-state index contributed by atoms with van der Waals surface area (Å²) < 4.78 is 0. The molecule has 6 nitrogen and oxygen atoms in total. The van der Waals surface area contributed by atoms with Gasteiger partial charge in [-0.1, -0.05) is 23.4 Å². The van der Waals surface area contributed by atoms with Crippen molar-refractivity contribution in [3.63, 3.8) is 0 Å². The van der Waals surface area contributed by atoms with E-state index in [1.54, 1.807) is 66.4 Å². The highest BCUT2D eigenvalue weighted by atomic mass is 32.2. The topological polar surface area (TPSA) is 98.8 Å². The van der Waals surface area contributed by atoms with Crippen LogP contribution < -0.4 is 5.73 Å². The largest absolute Gasteiger partial charge is 0.370 e. The number of oxime groups is 1. The molecule has 2 N–H and O–H groups in total. The van der Waals surface area contributed by atoms with E-state index in [4.69, 9.17) is 10.6 Å². The Morgan fingerprint density at radius 2 is 1.62 bits per heavy atom. The Balaban J connectivity index is 2.19. The average Bonchev–Trinajstić information content (AvgIpc) is 2.68. The van der Waals surface area contributed by atoms with Crippen LogP contribution in [-0.2, 0) is 9.63 Å². The summed E-state index contributed by atoms with van der Waals surface area (Å²) in [7, 11) is 0. The lowest BCUT2D eigenvalue weighted by Crippen LogP contribution is -2.20. The molecule has 0 saturated heterocycles. The van der Waals surface area contributed by atoms with Gasteiger partial charge in [0.2, 0.25) is 11.7 Å². The summed E-state index contributed by atoms with van der Waals surface area (Å²) in [5.74, 6) is -1.68. The van der Waals surface area contributed by atoms with E-state index in [2.05, 4.69) is 5.16 Å². The molecule has 0 bridgehead atoms. The molecule has 0 fully saturated rings. The molecule has 26 heavy (non-hydrogen) atoms. The van der Waals surface area contributed by atoms with Crippen molar-refractivity contribution in [3.8, 4) is 0 Å². The van der Waals surface area contributed by atoms with Gasteiger partial charge in [-0.25, -0.2) is 4.79 Å². The van der Waals surface area contributed by atoms with E-state index < -0.39 is 17.7 Å². The van der Waals surface area contributed by atoms with Gasteiger partial charge in [-0.3, -0.25) is 9.59 Å². The molecule has 134 valence electrons. The third-order valence-electron chi connectivity index (χ3n) is 3.47. The first-order valence-electron chi connectivity index (χ1n) is 7.81. The van der Waals surface area contributed by atoms with E-state index in [9.17, 15) is 14.4 Å². The van der Waals surface area contributed by atoms with Crippen molar-refractivity contribution < 1.29 is 19.2 Å². The lowest BCUT2D eigenvalue weighted by Gasteiger charge is -2.06. The molecule has 0 aliphatic rings. The van der Waals surface area contributed by atoms with Gasteiger partial charge in [0.25, 0.3) is 0 Å². The number of rotatable bonds is 8. The summed E-state index contributed by atoms with van der Waals surface area (Å²) in [4.78, 5) is 41.6. The summed E-state index contributed by atoms with van der Waals surface area (Å²) >= 11 is 1.55. The number of hydrogen-bond donors (Lipinski definition) is 1. The molecule has 2 aromatic rings. The van der Waals surface area contributed by atoms with Gasteiger partial charge in [0.1, 0.15) is 5.71 Å². The number of carbonyl (C=O) groups excluding carboxylic acids is 3. The summed E-state index contributed by atoms with van der Waals surface area (Å²) in [6, 6.07) is 15.2. The first-order valence-corrected chi connectivity index (χ1v) is 9.04. The third kappa shape index (κ3) is 5.56. The van der Waals surface area contributed by atoms with Gasteiger partial charge in [0, 0.05) is 23.3 Å². The highest BCUT2D eigenvalue weighted by Crippen LogP contribution is 2.16. The monoisotopic (exact) mass is 370 g/mol.